The van der Waals surface area contributed by atoms with Crippen molar-refractivity contribution in [2.75, 3.05) is 20.3 Å². The van der Waals surface area contributed by atoms with Gasteiger partial charge >= 0.3 is 6.03 Å². The third-order valence-electron chi connectivity index (χ3n) is 1.92. The molecule has 1 fully saturated rings. The Morgan fingerprint density at radius 1 is 1.75 bits per heavy atom. The van der Waals surface area contributed by atoms with E-state index in [4.69, 9.17) is 10.1 Å². The first-order valence-corrected chi connectivity index (χ1v) is 3.82. The minimum absolute atomic E-state index is 0.146. The van der Waals surface area contributed by atoms with Crippen LogP contribution in [0.5, 0.6) is 0 Å². The Labute approximate surface area is 71.2 Å². The van der Waals surface area contributed by atoms with E-state index >= 15 is 0 Å². The van der Waals surface area contributed by atoms with Crippen LogP contribution in [0.25, 0.3) is 0 Å². The first-order valence-electron chi connectivity index (χ1n) is 3.82. The van der Waals surface area contributed by atoms with E-state index < -0.39 is 0 Å². The van der Waals surface area contributed by atoms with Gasteiger partial charge in [-0.1, -0.05) is 0 Å². The maximum Gasteiger partial charge on any atom is 0.323 e. The zero-order valence-electron chi connectivity index (χ0n) is 7.26. The van der Waals surface area contributed by atoms with Crippen LogP contribution in [0.2, 0.25) is 0 Å². The Kier molecular flexibility index (Phi) is 2.65. The fourth-order valence-electron chi connectivity index (χ4n) is 1.11. The molecule has 0 bridgehead atoms. The van der Waals surface area contributed by atoms with Crippen LogP contribution < -0.4 is 5.32 Å². The van der Waals surface area contributed by atoms with E-state index in [-0.39, 0.29) is 17.9 Å². The lowest BCUT2D eigenvalue weighted by Gasteiger charge is -2.17. The largest absolute Gasteiger partial charge is 0.383 e. The van der Waals surface area contributed by atoms with Gasteiger partial charge in [-0.15, -0.1) is 0 Å². The number of nitrogens with zero attached hydrogens (tertiary/aromatic N) is 1. The molecule has 5 nitrogen and oxygen atoms in total. The fourth-order valence-corrected chi connectivity index (χ4v) is 1.11. The molecular formula is C7H13N3O2. The van der Waals surface area contributed by atoms with Crippen molar-refractivity contribution in [2.45, 2.75) is 13.0 Å². The Balaban J connectivity index is 2.51. The van der Waals surface area contributed by atoms with Gasteiger partial charge in [-0.2, -0.15) is 0 Å². The molecule has 1 aliphatic heterocycles. The molecular weight excluding hydrogens is 158 g/mol. The highest BCUT2D eigenvalue weighted by molar-refractivity contribution is 6.05. The maximum absolute atomic E-state index is 11.1. The number of ether oxygens (including phenoxy) is 1. The zero-order valence-corrected chi connectivity index (χ0v) is 7.26. The van der Waals surface area contributed by atoms with Gasteiger partial charge in [0, 0.05) is 13.7 Å². The zero-order chi connectivity index (χ0) is 9.14. The molecule has 0 spiro atoms. The maximum atomic E-state index is 11.1. The Bertz CT molecular complexity index is 205. The van der Waals surface area contributed by atoms with Crippen molar-refractivity contribution in [1.29, 1.82) is 5.41 Å². The van der Waals surface area contributed by atoms with Crippen LogP contribution in [0.1, 0.15) is 6.92 Å². The first kappa shape index (κ1) is 8.99. The molecule has 1 heterocycles. The van der Waals surface area contributed by atoms with Gasteiger partial charge in [0.15, 0.2) is 0 Å². The van der Waals surface area contributed by atoms with Gasteiger partial charge in [-0.05, 0) is 6.92 Å². The van der Waals surface area contributed by atoms with Crippen molar-refractivity contribution in [3.05, 3.63) is 0 Å². The monoisotopic (exact) mass is 171 g/mol. The van der Waals surface area contributed by atoms with E-state index in [9.17, 15) is 4.79 Å². The molecule has 0 aromatic rings. The predicted octanol–water partition coefficient (Wildman–Crippen LogP) is 0.0238. The van der Waals surface area contributed by atoms with Crippen LogP contribution in [0.4, 0.5) is 4.79 Å². The summed E-state index contributed by atoms with van der Waals surface area (Å²) in [6.45, 7) is 2.85. The Hall–Kier alpha value is -1.10. The second-order valence-corrected chi connectivity index (χ2v) is 2.71. The van der Waals surface area contributed by atoms with Crippen molar-refractivity contribution in [3.63, 3.8) is 0 Å². The van der Waals surface area contributed by atoms with Crippen LogP contribution in [0.3, 0.4) is 0 Å². The second-order valence-electron chi connectivity index (χ2n) is 2.71. The molecule has 1 saturated heterocycles. The minimum Gasteiger partial charge on any atom is -0.383 e. The molecule has 12 heavy (non-hydrogen) atoms. The lowest BCUT2D eigenvalue weighted by molar-refractivity contribution is 0.153. The Morgan fingerprint density at radius 2 is 2.42 bits per heavy atom. The number of urea groups is 1. The lowest BCUT2D eigenvalue weighted by atomic mass is 10.3. The van der Waals surface area contributed by atoms with E-state index in [1.807, 2.05) is 6.92 Å². The van der Waals surface area contributed by atoms with E-state index in [1.165, 1.54) is 0 Å². The summed E-state index contributed by atoms with van der Waals surface area (Å²) in [6, 6.07) is -0.350. The molecule has 2 N–H and O–H groups in total. The first-order chi connectivity index (χ1) is 5.66. The van der Waals surface area contributed by atoms with Gasteiger partial charge in [0.05, 0.1) is 12.6 Å². The topological polar surface area (TPSA) is 65.4 Å². The molecule has 2 amide bonds. The van der Waals surface area contributed by atoms with Crippen molar-refractivity contribution in [3.8, 4) is 0 Å². The predicted molar refractivity (Wildman–Crippen MR) is 44.3 cm³/mol. The van der Waals surface area contributed by atoms with Crippen molar-refractivity contribution >= 4 is 11.9 Å². The third kappa shape index (κ3) is 1.55. The molecule has 5 heteroatoms. The normalized spacial score (nSPS) is 23.2. The van der Waals surface area contributed by atoms with Gasteiger partial charge in [-0.3, -0.25) is 10.7 Å². The van der Waals surface area contributed by atoms with Crippen LogP contribution in [0.15, 0.2) is 0 Å². The fraction of sp³-hybridized carbons (Fsp3) is 0.714. The molecule has 0 saturated carbocycles. The van der Waals surface area contributed by atoms with Gasteiger partial charge in [0.2, 0.25) is 0 Å². The van der Waals surface area contributed by atoms with Crippen molar-refractivity contribution in [1.82, 2.24) is 10.2 Å². The number of carbonyl (C=O) groups excluding carboxylic acids is 1. The summed E-state index contributed by atoms with van der Waals surface area (Å²) in [5.74, 6) is 0.260. The van der Waals surface area contributed by atoms with Crippen molar-refractivity contribution in [2.24, 2.45) is 0 Å². The summed E-state index contributed by atoms with van der Waals surface area (Å²) in [6.07, 6.45) is 0. The molecule has 0 aromatic heterocycles. The number of carbonyl (C=O) groups is 1. The Morgan fingerprint density at radius 3 is 2.83 bits per heavy atom. The number of rotatable bonds is 3. The molecule has 68 valence electrons. The third-order valence-corrected chi connectivity index (χ3v) is 1.92. The minimum atomic E-state index is -0.204. The standard InChI is InChI=1S/C7H13N3O2/c1-5-6(8)9-7(11)10(5)3-4-12-2/h5H,3-4H2,1-2H3,(H2,8,9,11). The molecule has 0 aromatic carbocycles. The van der Waals surface area contributed by atoms with Crippen LogP contribution in [-0.4, -0.2) is 43.1 Å². The van der Waals surface area contributed by atoms with Crippen LogP contribution >= 0.6 is 0 Å². The molecule has 1 aliphatic rings. The number of hydrogen-bond acceptors (Lipinski definition) is 3. The van der Waals surface area contributed by atoms with Crippen LogP contribution in [0, 0.1) is 5.41 Å². The summed E-state index contributed by atoms with van der Waals surface area (Å²) in [5, 5.41) is 9.78. The molecule has 1 rings (SSSR count). The smallest absolute Gasteiger partial charge is 0.323 e. The summed E-state index contributed by atoms with van der Waals surface area (Å²) in [4.78, 5) is 12.7. The van der Waals surface area contributed by atoms with E-state index in [0.717, 1.165) is 0 Å². The number of nitrogens with one attached hydrogen (secondary N) is 2. The highest BCUT2D eigenvalue weighted by atomic mass is 16.5. The lowest BCUT2D eigenvalue weighted by Crippen LogP contribution is -2.35. The summed E-state index contributed by atoms with van der Waals surface area (Å²) in [7, 11) is 1.59. The highest BCUT2D eigenvalue weighted by Crippen LogP contribution is 2.06. The number of amides is 2. The average Bonchev–Trinajstić information content (AvgIpc) is 2.25. The SMILES string of the molecule is COCCN1C(=O)NC(=N)C1C. The number of hydrogen-bond donors (Lipinski definition) is 2. The van der Waals surface area contributed by atoms with E-state index in [2.05, 4.69) is 5.32 Å². The molecule has 1 atom stereocenters. The molecule has 0 aliphatic carbocycles. The number of methoxy groups -OCH3 is 1. The summed E-state index contributed by atoms with van der Waals surface area (Å²) in [5.41, 5.74) is 0. The van der Waals surface area contributed by atoms with Gasteiger partial charge in [0.1, 0.15) is 5.84 Å². The van der Waals surface area contributed by atoms with Crippen LogP contribution in [-0.2, 0) is 4.74 Å². The summed E-state index contributed by atoms with van der Waals surface area (Å²) < 4.78 is 4.84. The summed E-state index contributed by atoms with van der Waals surface area (Å²) >= 11 is 0. The average molecular weight is 171 g/mol. The van der Waals surface area contributed by atoms with Gasteiger partial charge < -0.3 is 9.64 Å². The van der Waals surface area contributed by atoms with Crippen molar-refractivity contribution < 1.29 is 9.53 Å². The molecule has 1 unspecified atom stereocenters. The molecule has 0 radical (unpaired) electrons. The number of amidine groups is 1. The van der Waals surface area contributed by atoms with Gasteiger partial charge in [0.25, 0.3) is 0 Å². The van der Waals surface area contributed by atoms with Gasteiger partial charge in [-0.25, -0.2) is 4.79 Å². The van der Waals surface area contributed by atoms with E-state index in [1.54, 1.807) is 12.0 Å². The van der Waals surface area contributed by atoms with E-state index in [0.29, 0.717) is 13.2 Å². The second kappa shape index (κ2) is 3.53. The quantitative estimate of drug-likeness (QED) is 0.629. The highest BCUT2D eigenvalue weighted by Gasteiger charge is 2.31.